The van der Waals surface area contributed by atoms with Crippen molar-refractivity contribution >= 4 is 39.8 Å². The number of aromatic nitrogens is 3. The van der Waals surface area contributed by atoms with Gasteiger partial charge in [0.1, 0.15) is 27.1 Å². The normalized spacial score (nSPS) is 16.3. The van der Waals surface area contributed by atoms with Crippen molar-refractivity contribution in [3.63, 3.8) is 0 Å². The second-order valence-corrected chi connectivity index (χ2v) is 12.5. The highest BCUT2D eigenvalue weighted by molar-refractivity contribution is 7.19. The third kappa shape index (κ3) is 6.62. The number of nitrogen functional groups attached to an aromatic ring is 1. The number of thiazole rings is 1. The maximum atomic E-state index is 14.5. The van der Waals surface area contributed by atoms with Gasteiger partial charge in [-0.2, -0.15) is 5.10 Å². The molecule has 2 aromatic heterocycles. The van der Waals surface area contributed by atoms with Gasteiger partial charge in [-0.25, -0.2) is 18.9 Å². The molecule has 2 saturated heterocycles. The summed E-state index contributed by atoms with van der Waals surface area (Å²) in [4.78, 5) is 34.4. The van der Waals surface area contributed by atoms with Gasteiger partial charge in [-0.3, -0.25) is 4.79 Å². The first-order valence-corrected chi connectivity index (χ1v) is 14.5. The number of carbonyl (C=O) groups excluding carboxylic acids is 2. The number of carbonyl (C=O) groups is 2. The Bertz CT molecular complexity index is 1430. The van der Waals surface area contributed by atoms with E-state index >= 15 is 0 Å². The fourth-order valence-electron chi connectivity index (χ4n) is 4.80. The lowest BCUT2D eigenvalue weighted by atomic mass is 10.1. The Morgan fingerprint density at radius 1 is 1.22 bits per heavy atom. The molecule has 2 fully saturated rings. The van der Waals surface area contributed by atoms with Crippen molar-refractivity contribution in [3.8, 4) is 10.6 Å². The summed E-state index contributed by atoms with van der Waals surface area (Å²) < 4.78 is 27.3. The van der Waals surface area contributed by atoms with Crippen molar-refractivity contribution in [3.05, 3.63) is 41.5 Å². The molecule has 0 unspecified atom stereocenters. The number of ether oxygens (including phenoxy) is 2. The van der Waals surface area contributed by atoms with Gasteiger partial charge < -0.3 is 30.3 Å². The Morgan fingerprint density at radius 3 is 2.71 bits per heavy atom. The molecule has 11 nitrogen and oxygen atoms in total. The van der Waals surface area contributed by atoms with E-state index in [1.165, 1.54) is 6.07 Å². The van der Waals surface area contributed by atoms with Crippen LogP contribution >= 0.6 is 11.3 Å². The molecule has 1 aromatic carbocycles. The molecule has 13 heteroatoms. The Balaban J connectivity index is 1.38. The number of nitrogens with one attached hydrogen (secondary N) is 1. The first-order valence-electron chi connectivity index (χ1n) is 13.7. The van der Waals surface area contributed by atoms with Crippen LogP contribution in [0, 0.1) is 18.7 Å². The van der Waals surface area contributed by atoms with Gasteiger partial charge in [-0.1, -0.05) is 23.0 Å². The lowest BCUT2D eigenvalue weighted by molar-refractivity contribution is -0.0406. The van der Waals surface area contributed by atoms with E-state index in [0.29, 0.717) is 68.1 Å². The number of anilines is 3. The first-order chi connectivity index (χ1) is 19.5. The van der Waals surface area contributed by atoms with Crippen molar-refractivity contribution in [2.24, 2.45) is 5.92 Å². The molecule has 4 heterocycles. The number of halogens is 1. The van der Waals surface area contributed by atoms with Crippen molar-refractivity contribution in [1.29, 1.82) is 0 Å². The molecule has 5 rings (SSSR count). The molecule has 0 radical (unpaired) electrons. The highest BCUT2D eigenvalue weighted by atomic mass is 32.1. The second kappa shape index (κ2) is 11.6. The molecule has 3 N–H and O–H groups in total. The Kier molecular flexibility index (Phi) is 8.18. The molecule has 0 bridgehead atoms. The maximum absolute atomic E-state index is 14.5. The highest BCUT2D eigenvalue weighted by Gasteiger charge is 2.29. The number of rotatable bonds is 6. The van der Waals surface area contributed by atoms with E-state index in [2.05, 4.69) is 20.3 Å². The molecule has 0 atom stereocenters. The summed E-state index contributed by atoms with van der Waals surface area (Å²) in [6.07, 6.45) is 2.00. The number of aryl methyl sites for hydroxylation is 1. The topological polar surface area (TPSA) is 128 Å². The summed E-state index contributed by atoms with van der Waals surface area (Å²) in [5, 5.41) is 8.06. The molecular formula is C28H36FN7O4S. The number of amides is 2. The molecule has 3 aromatic rings. The molecule has 2 aliphatic rings. The zero-order valence-electron chi connectivity index (χ0n) is 23.8. The fraction of sp³-hybridized carbons (Fsp3) is 0.500. The summed E-state index contributed by atoms with van der Waals surface area (Å²) in [5.74, 6) is 0.135. The van der Waals surface area contributed by atoms with Gasteiger partial charge in [0.25, 0.3) is 5.91 Å². The predicted molar refractivity (Wildman–Crippen MR) is 156 cm³/mol. The van der Waals surface area contributed by atoms with E-state index in [9.17, 15) is 14.0 Å². The zero-order valence-corrected chi connectivity index (χ0v) is 24.6. The van der Waals surface area contributed by atoms with Crippen LogP contribution in [0.1, 0.15) is 43.2 Å². The molecule has 2 amide bonds. The van der Waals surface area contributed by atoms with Crippen molar-refractivity contribution in [2.45, 2.75) is 46.3 Å². The largest absolute Gasteiger partial charge is 0.444 e. The van der Waals surface area contributed by atoms with Gasteiger partial charge in [0, 0.05) is 37.7 Å². The SMILES string of the molecule is Cc1ccc(F)c(-c2nc(C(=O)Nc3cnn(CC4COC4)c3N3CCCN(C(=O)OC(C)(C)C)CC3)c(N)s2)c1. The third-order valence-electron chi connectivity index (χ3n) is 6.87. The van der Waals surface area contributed by atoms with Gasteiger partial charge in [-0.05, 0) is 46.2 Å². The number of hydrogen-bond acceptors (Lipinski definition) is 9. The van der Waals surface area contributed by atoms with E-state index in [1.54, 1.807) is 23.2 Å². The summed E-state index contributed by atoms with van der Waals surface area (Å²) >= 11 is 1.07. The Hall–Kier alpha value is -3.71. The van der Waals surface area contributed by atoms with E-state index in [0.717, 1.165) is 29.1 Å². The number of nitrogens with two attached hydrogens (primary N) is 1. The lowest BCUT2D eigenvalue weighted by Crippen LogP contribution is -2.39. The van der Waals surface area contributed by atoms with Gasteiger partial charge >= 0.3 is 6.09 Å². The van der Waals surface area contributed by atoms with Crippen molar-refractivity contribution < 1.29 is 23.5 Å². The van der Waals surface area contributed by atoms with Crippen LogP contribution in [0.15, 0.2) is 24.4 Å². The van der Waals surface area contributed by atoms with Crippen LogP contribution in [-0.2, 0) is 16.0 Å². The molecule has 0 spiro atoms. The average Bonchev–Trinajstić information content (AvgIpc) is 3.35. The summed E-state index contributed by atoms with van der Waals surface area (Å²) in [7, 11) is 0. The van der Waals surface area contributed by atoms with E-state index < -0.39 is 17.3 Å². The predicted octanol–water partition coefficient (Wildman–Crippen LogP) is 4.38. The standard InChI is InChI=1S/C28H36FN7O4S/c1-17-6-7-20(29)19(12-17)25-33-22(23(30)41-25)24(37)32-21-13-31-36(14-18-15-39-16-18)26(21)34-8-5-9-35(11-10-34)27(38)40-28(2,3)4/h6-7,12-13,18H,5,8-11,14-16,30H2,1-4H3,(H,32,37). The molecule has 41 heavy (non-hydrogen) atoms. The minimum atomic E-state index is -0.577. The van der Waals surface area contributed by atoms with Crippen LogP contribution in [0.2, 0.25) is 0 Å². The molecule has 0 aliphatic carbocycles. The van der Waals surface area contributed by atoms with Crippen LogP contribution in [0.4, 0.5) is 25.7 Å². The maximum Gasteiger partial charge on any atom is 0.410 e. The number of benzene rings is 1. The lowest BCUT2D eigenvalue weighted by Gasteiger charge is -2.30. The van der Waals surface area contributed by atoms with Crippen LogP contribution in [0.5, 0.6) is 0 Å². The fourth-order valence-corrected chi connectivity index (χ4v) is 5.65. The van der Waals surface area contributed by atoms with Crippen molar-refractivity contribution in [1.82, 2.24) is 19.7 Å². The van der Waals surface area contributed by atoms with E-state index in [4.69, 9.17) is 15.2 Å². The summed E-state index contributed by atoms with van der Waals surface area (Å²) in [6, 6.07) is 4.73. The molecular weight excluding hydrogens is 549 g/mol. The minimum absolute atomic E-state index is 0.0315. The summed E-state index contributed by atoms with van der Waals surface area (Å²) in [5.41, 5.74) is 7.33. The number of hydrogen-bond donors (Lipinski definition) is 2. The molecule has 220 valence electrons. The van der Waals surface area contributed by atoms with Crippen LogP contribution < -0.4 is 16.0 Å². The quantitative estimate of drug-likeness (QED) is 0.436. The smallest absolute Gasteiger partial charge is 0.410 e. The third-order valence-corrected chi connectivity index (χ3v) is 7.78. The highest BCUT2D eigenvalue weighted by Crippen LogP contribution is 2.34. The summed E-state index contributed by atoms with van der Waals surface area (Å²) in [6.45, 7) is 11.6. The van der Waals surface area contributed by atoms with Crippen LogP contribution in [-0.4, -0.2) is 76.7 Å². The second-order valence-electron chi connectivity index (χ2n) is 11.4. The Labute approximate surface area is 242 Å². The van der Waals surface area contributed by atoms with E-state index in [1.807, 2.05) is 32.4 Å². The minimum Gasteiger partial charge on any atom is -0.444 e. The van der Waals surface area contributed by atoms with Gasteiger partial charge in [-0.15, -0.1) is 0 Å². The molecule has 2 aliphatic heterocycles. The van der Waals surface area contributed by atoms with Gasteiger partial charge in [0.05, 0.1) is 26.0 Å². The Morgan fingerprint density at radius 2 is 2.00 bits per heavy atom. The van der Waals surface area contributed by atoms with Crippen molar-refractivity contribution in [2.75, 3.05) is 55.3 Å². The monoisotopic (exact) mass is 585 g/mol. The van der Waals surface area contributed by atoms with E-state index in [-0.39, 0.29) is 16.8 Å². The average molecular weight is 586 g/mol. The molecule has 0 saturated carbocycles. The van der Waals surface area contributed by atoms with Gasteiger partial charge in [0.2, 0.25) is 0 Å². The van der Waals surface area contributed by atoms with Gasteiger partial charge in [0.15, 0.2) is 11.5 Å². The van der Waals surface area contributed by atoms with Crippen LogP contribution in [0.25, 0.3) is 10.6 Å². The van der Waals surface area contributed by atoms with Crippen LogP contribution in [0.3, 0.4) is 0 Å². The number of nitrogens with zero attached hydrogens (tertiary/aromatic N) is 5. The zero-order chi connectivity index (χ0) is 29.3. The first kappa shape index (κ1) is 28.8.